The number of amides is 5. The van der Waals surface area contributed by atoms with Crippen molar-refractivity contribution >= 4 is 29.4 Å². The highest BCUT2D eigenvalue weighted by Gasteiger charge is 2.44. The maximum absolute atomic E-state index is 12.3. The highest BCUT2D eigenvalue weighted by Crippen LogP contribution is 2.26. The van der Waals surface area contributed by atoms with Crippen LogP contribution in [0.4, 0.5) is 10.5 Å². The van der Waals surface area contributed by atoms with Crippen LogP contribution in [0.2, 0.25) is 0 Å². The lowest BCUT2D eigenvalue weighted by Gasteiger charge is -2.17. The summed E-state index contributed by atoms with van der Waals surface area (Å²) < 4.78 is 0. The first kappa shape index (κ1) is 18.4. The first-order valence-corrected chi connectivity index (χ1v) is 8.07. The van der Waals surface area contributed by atoms with Gasteiger partial charge in [-0.1, -0.05) is 38.1 Å². The number of urea groups is 1. The number of carbonyl (C=O) groups excluding carboxylic acids is 4. The summed E-state index contributed by atoms with van der Waals surface area (Å²) in [6.07, 6.45) is 2.25. The number of benzene rings is 1. The quantitative estimate of drug-likeness (QED) is 0.467. The fourth-order valence-corrected chi connectivity index (χ4v) is 2.57. The fraction of sp³-hybridized carbons (Fsp3) is 0.333. The number of nitrogens with one attached hydrogen (secondary N) is 1. The molecule has 132 valence electrons. The van der Waals surface area contributed by atoms with Gasteiger partial charge in [0.15, 0.2) is 0 Å². The number of rotatable bonds is 7. The summed E-state index contributed by atoms with van der Waals surface area (Å²) in [5.41, 5.74) is 1.61. The minimum absolute atomic E-state index is 0.0711. The molecule has 1 heterocycles. The van der Waals surface area contributed by atoms with Crippen LogP contribution in [-0.4, -0.2) is 46.6 Å². The van der Waals surface area contributed by atoms with Gasteiger partial charge in [0.25, 0.3) is 0 Å². The van der Waals surface area contributed by atoms with Crippen LogP contribution in [0.15, 0.2) is 36.9 Å². The molecule has 1 atom stereocenters. The standard InChI is InChI=1S/C18H21N3O4/c1-4-10-20-16(23)17(24)21(18(20)25)11-15(22)19-14-9-7-6-8-13(14)12(3)5-2/h4,6-9,12H,1,5,10-11H2,2-3H3,(H,19,22)/t12-/m0/s1. The van der Waals surface area contributed by atoms with Crippen molar-refractivity contribution < 1.29 is 19.2 Å². The summed E-state index contributed by atoms with van der Waals surface area (Å²) in [6, 6.07) is 6.56. The molecule has 1 aromatic rings. The molecule has 0 spiro atoms. The van der Waals surface area contributed by atoms with Gasteiger partial charge in [-0.2, -0.15) is 0 Å². The highest BCUT2D eigenvalue weighted by molar-refractivity contribution is 6.45. The first-order chi connectivity index (χ1) is 11.9. The van der Waals surface area contributed by atoms with Crippen LogP contribution in [0, 0.1) is 0 Å². The lowest BCUT2D eigenvalue weighted by molar-refractivity contribution is -0.143. The second-order valence-corrected chi connectivity index (χ2v) is 5.82. The predicted molar refractivity (Wildman–Crippen MR) is 92.8 cm³/mol. The molecular formula is C18H21N3O4. The Kier molecular flexibility index (Phi) is 5.69. The van der Waals surface area contributed by atoms with Gasteiger partial charge in [-0.05, 0) is 24.0 Å². The van der Waals surface area contributed by atoms with E-state index in [2.05, 4.69) is 11.9 Å². The average molecular weight is 343 g/mol. The Hall–Kier alpha value is -2.96. The van der Waals surface area contributed by atoms with E-state index < -0.39 is 30.3 Å². The van der Waals surface area contributed by atoms with Crippen LogP contribution >= 0.6 is 0 Å². The third-order valence-corrected chi connectivity index (χ3v) is 4.13. The molecule has 0 unspecified atom stereocenters. The maximum Gasteiger partial charge on any atom is 0.335 e. The number of nitrogens with zero attached hydrogens (tertiary/aromatic N) is 2. The molecule has 1 aliphatic heterocycles. The molecule has 1 aliphatic rings. The molecule has 1 fully saturated rings. The van der Waals surface area contributed by atoms with E-state index in [1.165, 1.54) is 6.08 Å². The first-order valence-electron chi connectivity index (χ1n) is 8.07. The number of carbonyl (C=O) groups is 4. The summed E-state index contributed by atoms with van der Waals surface area (Å²) in [6.45, 7) is 6.95. The van der Waals surface area contributed by atoms with Gasteiger partial charge in [0.1, 0.15) is 6.54 Å². The smallest absolute Gasteiger partial charge is 0.324 e. The van der Waals surface area contributed by atoms with Gasteiger partial charge in [-0.15, -0.1) is 6.58 Å². The van der Waals surface area contributed by atoms with Gasteiger partial charge >= 0.3 is 17.8 Å². The van der Waals surface area contributed by atoms with E-state index in [-0.39, 0.29) is 12.5 Å². The van der Waals surface area contributed by atoms with Crippen LogP contribution in [0.5, 0.6) is 0 Å². The van der Waals surface area contributed by atoms with E-state index in [9.17, 15) is 19.2 Å². The Morgan fingerprint density at radius 1 is 1.20 bits per heavy atom. The Morgan fingerprint density at radius 3 is 2.48 bits per heavy atom. The zero-order valence-corrected chi connectivity index (χ0v) is 14.3. The summed E-state index contributed by atoms with van der Waals surface area (Å²) in [5.74, 6) is -2.24. The van der Waals surface area contributed by atoms with E-state index in [4.69, 9.17) is 0 Å². The largest absolute Gasteiger partial charge is 0.335 e. The van der Waals surface area contributed by atoms with Crippen molar-refractivity contribution in [1.29, 1.82) is 0 Å². The van der Waals surface area contributed by atoms with E-state index in [0.717, 1.165) is 16.9 Å². The molecule has 7 nitrogen and oxygen atoms in total. The highest BCUT2D eigenvalue weighted by atomic mass is 16.2. The molecule has 0 bridgehead atoms. The van der Waals surface area contributed by atoms with Gasteiger partial charge in [-0.25, -0.2) is 9.69 Å². The van der Waals surface area contributed by atoms with Crippen molar-refractivity contribution in [2.75, 3.05) is 18.4 Å². The third kappa shape index (κ3) is 3.76. The Bertz CT molecular complexity index is 729. The van der Waals surface area contributed by atoms with Crippen LogP contribution in [0.3, 0.4) is 0 Å². The van der Waals surface area contributed by atoms with Crippen molar-refractivity contribution in [2.45, 2.75) is 26.2 Å². The number of para-hydroxylation sites is 1. The van der Waals surface area contributed by atoms with Gasteiger partial charge in [0.05, 0.1) is 0 Å². The Labute approximate surface area is 146 Å². The predicted octanol–water partition coefficient (Wildman–Crippen LogP) is 2.12. The van der Waals surface area contributed by atoms with Crippen LogP contribution in [-0.2, 0) is 14.4 Å². The SMILES string of the molecule is C=CCN1C(=O)C(=O)N(CC(=O)Nc2ccccc2[C@@H](C)CC)C1=O. The van der Waals surface area contributed by atoms with Crippen LogP contribution in [0.25, 0.3) is 0 Å². The summed E-state index contributed by atoms with van der Waals surface area (Å²) in [4.78, 5) is 49.5. The molecule has 0 radical (unpaired) electrons. The molecule has 7 heteroatoms. The molecule has 0 saturated carbocycles. The molecule has 1 N–H and O–H groups in total. The summed E-state index contributed by atoms with van der Waals surface area (Å²) in [5, 5.41) is 2.72. The average Bonchev–Trinajstić information content (AvgIpc) is 2.80. The molecule has 5 amide bonds. The normalized spacial score (nSPS) is 15.5. The van der Waals surface area contributed by atoms with Crippen molar-refractivity contribution in [2.24, 2.45) is 0 Å². The minimum atomic E-state index is -1.00. The number of hydrogen-bond donors (Lipinski definition) is 1. The van der Waals surface area contributed by atoms with Gasteiger partial charge in [-0.3, -0.25) is 19.3 Å². The van der Waals surface area contributed by atoms with Gasteiger partial charge in [0, 0.05) is 12.2 Å². The molecule has 0 aliphatic carbocycles. The Balaban J connectivity index is 2.11. The van der Waals surface area contributed by atoms with Crippen molar-refractivity contribution in [1.82, 2.24) is 9.80 Å². The Morgan fingerprint density at radius 2 is 1.84 bits per heavy atom. The summed E-state index contributed by atoms with van der Waals surface area (Å²) >= 11 is 0. The number of imide groups is 2. The van der Waals surface area contributed by atoms with E-state index in [1.807, 2.05) is 26.0 Å². The minimum Gasteiger partial charge on any atom is -0.324 e. The lowest BCUT2D eigenvalue weighted by Crippen LogP contribution is -2.39. The number of anilines is 1. The van der Waals surface area contributed by atoms with Crippen molar-refractivity contribution in [3.05, 3.63) is 42.5 Å². The number of hydrogen-bond acceptors (Lipinski definition) is 4. The maximum atomic E-state index is 12.3. The van der Waals surface area contributed by atoms with Crippen molar-refractivity contribution in [3.8, 4) is 0 Å². The van der Waals surface area contributed by atoms with Gasteiger partial charge in [0.2, 0.25) is 5.91 Å². The molecule has 1 aromatic carbocycles. The molecule has 25 heavy (non-hydrogen) atoms. The lowest BCUT2D eigenvalue weighted by atomic mass is 9.97. The third-order valence-electron chi connectivity index (χ3n) is 4.13. The van der Waals surface area contributed by atoms with Crippen molar-refractivity contribution in [3.63, 3.8) is 0 Å². The van der Waals surface area contributed by atoms with E-state index >= 15 is 0 Å². The second kappa shape index (κ2) is 7.74. The fourth-order valence-electron chi connectivity index (χ4n) is 2.57. The molecular weight excluding hydrogens is 322 g/mol. The second-order valence-electron chi connectivity index (χ2n) is 5.82. The molecule has 1 saturated heterocycles. The molecule has 2 rings (SSSR count). The van der Waals surface area contributed by atoms with E-state index in [1.54, 1.807) is 12.1 Å². The zero-order chi connectivity index (χ0) is 18.6. The van der Waals surface area contributed by atoms with Crippen LogP contribution in [0.1, 0.15) is 31.7 Å². The monoisotopic (exact) mass is 343 g/mol. The molecule has 0 aromatic heterocycles. The summed E-state index contributed by atoms with van der Waals surface area (Å²) in [7, 11) is 0. The topological polar surface area (TPSA) is 86.8 Å². The van der Waals surface area contributed by atoms with Crippen LogP contribution < -0.4 is 5.32 Å². The van der Waals surface area contributed by atoms with E-state index in [0.29, 0.717) is 10.6 Å². The zero-order valence-electron chi connectivity index (χ0n) is 14.3. The van der Waals surface area contributed by atoms with Gasteiger partial charge < -0.3 is 5.32 Å².